The summed E-state index contributed by atoms with van der Waals surface area (Å²) in [5.74, 6) is 0.134. The highest BCUT2D eigenvalue weighted by molar-refractivity contribution is 7.90. The highest BCUT2D eigenvalue weighted by atomic mass is 32.2. The van der Waals surface area contributed by atoms with Gasteiger partial charge in [0.05, 0.1) is 11.6 Å². The van der Waals surface area contributed by atoms with Crippen LogP contribution >= 0.6 is 0 Å². The van der Waals surface area contributed by atoms with Gasteiger partial charge in [0.2, 0.25) is 0 Å². The van der Waals surface area contributed by atoms with Crippen LogP contribution in [0.3, 0.4) is 0 Å². The number of aryl methyl sites for hydroxylation is 1. The second-order valence-electron chi connectivity index (χ2n) is 3.37. The van der Waals surface area contributed by atoms with Crippen LogP contribution in [0.1, 0.15) is 11.1 Å². The summed E-state index contributed by atoms with van der Waals surface area (Å²) in [6.07, 6.45) is 0. The van der Waals surface area contributed by atoms with Crippen molar-refractivity contribution in [2.24, 2.45) is 0 Å². The minimum Gasteiger partial charge on any atom is -0.307 e. The van der Waals surface area contributed by atoms with Crippen molar-refractivity contribution in [2.75, 3.05) is 12.9 Å². The van der Waals surface area contributed by atoms with Gasteiger partial charge in [-0.1, -0.05) is 29.8 Å². The third-order valence-electron chi connectivity index (χ3n) is 1.87. The van der Waals surface area contributed by atoms with Gasteiger partial charge >= 0.3 is 0 Å². The summed E-state index contributed by atoms with van der Waals surface area (Å²) in [6.45, 7) is 1.98. The number of nitrogens with one attached hydrogen (secondary N) is 1. The lowest BCUT2D eigenvalue weighted by Crippen LogP contribution is -2.20. The van der Waals surface area contributed by atoms with Crippen molar-refractivity contribution < 1.29 is 8.42 Å². The maximum absolute atomic E-state index is 11.4. The molecule has 3 nitrogen and oxygen atoms in total. The molecule has 0 aliphatic heterocycles. The van der Waals surface area contributed by atoms with Crippen molar-refractivity contribution in [1.82, 2.24) is 5.32 Å². The Bertz CT molecular complexity index is 381. The van der Waals surface area contributed by atoms with Crippen molar-refractivity contribution in [3.63, 3.8) is 0 Å². The first-order chi connectivity index (χ1) is 6.53. The van der Waals surface area contributed by atoms with Crippen molar-refractivity contribution in [2.45, 2.75) is 12.7 Å². The molecule has 0 amide bonds. The molecule has 1 rings (SSSR count). The molecule has 0 aliphatic rings. The standard InChI is InChI=1S/C10H15NO2S/c1-9-3-5-10(6-4-9)7-14(12,13)8-11-2/h3-6,11H,7-8H2,1-2H3. The van der Waals surface area contributed by atoms with Gasteiger partial charge in [0.25, 0.3) is 0 Å². The first-order valence-corrected chi connectivity index (χ1v) is 6.26. The van der Waals surface area contributed by atoms with Crippen LogP contribution in [-0.2, 0) is 15.6 Å². The molecule has 0 heterocycles. The lowest BCUT2D eigenvalue weighted by Gasteiger charge is -2.03. The van der Waals surface area contributed by atoms with E-state index in [-0.39, 0.29) is 11.6 Å². The molecule has 0 aliphatic carbocycles. The Balaban J connectivity index is 2.74. The average Bonchev–Trinajstić information content (AvgIpc) is 2.08. The predicted molar refractivity (Wildman–Crippen MR) is 57.7 cm³/mol. The molecule has 0 radical (unpaired) electrons. The second kappa shape index (κ2) is 4.57. The van der Waals surface area contributed by atoms with Crippen molar-refractivity contribution in [3.05, 3.63) is 35.4 Å². The summed E-state index contributed by atoms with van der Waals surface area (Å²) in [4.78, 5) is 0. The molecule has 0 bridgehead atoms. The summed E-state index contributed by atoms with van der Waals surface area (Å²) in [5, 5.41) is 2.65. The molecule has 0 aromatic heterocycles. The smallest absolute Gasteiger partial charge is 0.167 e. The van der Waals surface area contributed by atoms with Crippen LogP contribution in [0.4, 0.5) is 0 Å². The predicted octanol–water partition coefficient (Wildman–Crippen LogP) is 1.09. The first-order valence-electron chi connectivity index (χ1n) is 4.44. The van der Waals surface area contributed by atoms with Crippen molar-refractivity contribution in [3.8, 4) is 0 Å². The van der Waals surface area contributed by atoms with Gasteiger partial charge in [0, 0.05) is 0 Å². The Morgan fingerprint density at radius 3 is 2.29 bits per heavy atom. The molecular formula is C10H15NO2S. The van der Waals surface area contributed by atoms with Crippen LogP contribution in [0, 0.1) is 6.92 Å². The van der Waals surface area contributed by atoms with Gasteiger partial charge in [0.1, 0.15) is 0 Å². The van der Waals surface area contributed by atoms with E-state index in [1.165, 1.54) is 0 Å². The number of rotatable bonds is 4. The van der Waals surface area contributed by atoms with E-state index < -0.39 is 9.84 Å². The Kier molecular flexibility index (Phi) is 3.66. The average molecular weight is 213 g/mol. The SMILES string of the molecule is CNCS(=O)(=O)Cc1ccc(C)cc1. The molecule has 0 saturated carbocycles. The molecule has 1 aromatic rings. The molecule has 0 fully saturated rings. The van der Waals surface area contributed by atoms with E-state index in [0.717, 1.165) is 11.1 Å². The highest BCUT2D eigenvalue weighted by Gasteiger charge is 2.09. The zero-order valence-corrected chi connectivity index (χ0v) is 9.26. The molecule has 0 unspecified atom stereocenters. The van der Waals surface area contributed by atoms with Crippen LogP contribution in [0.25, 0.3) is 0 Å². The Morgan fingerprint density at radius 1 is 1.21 bits per heavy atom. The van der Waals surface area contributed by atoms with Crippen molar-refractivity contribution in [1.29, 1.82) is 0 Å². The van der Waals surface area contributed by atoms with Gasteiger partial charge in [-0.3, -0.25) is 0 Å². The number of sulfone groups is 1. The van der Waals surface area contributed by atoms with E-state index in [1.54, 1.807) is 7.05 Å². The molecule has 14 heavy (non-hydrogen) atoms. The monoisotopic (exact) mass is 213 g/mol. The van der Waals surface area contributed by atoms with Gasteiger partial charge in [-0.25, -0.2) is 8.42 Å². The lowest BCUT2D eigenvalue weighted by molar-refractivity contribution is 0.591. The molecule has 78 valence electrons. The van der Waals surface area contributed by atoms with Gasteiger partial charge in [-0.15, -0.1) is 0 Å². The zero-order chi connectivity index (χ0) is 10.6. The minimum atomic E-state index is -3.01. The van der Waals surface area contributed by atoms with Crippen LogP contribution in [0.15, 0.2) is 24.3 Å². The first kappa shape index (κ1) is 11.2. The summed E-state index contributed by atoms with van der Waals surface area (Å²) >= 11 is 0. The number of hydrogen-bond acceptors (Lipinski definition) is 3. The van der Waals surface area contributed by atoms with Crippen LogP contribution in [-0.4, -0.2) is 21.3 Å². The Labute approximate surface area is 85.1 Å². The van der Waals surface area contributed by atoms with Crippen LogP contribution in [0.5, 0.6) is 0 Å². The number of benzene rings is 1. The zero-order valence-electron chi connectivity index (χ0n) is 8.45. The van der Waals surface area contributed by atoms with Gasteiger partial charge in [-0.05, 0) is 19.5 Å². The fourth-order valence-corrected chi connectivity index (χ4v) is 2.45. The minimum absolute atomic E-state index is 0.0286. The fraction of sp³-hybridized carbons (Fsp3) is 0.400. The van der Waals surface area contributed by atoms with Crippen LogP contribution < -0.4 is 5.32 Å². The largest absolute Gasteiger partial charge is 0.307 e. The van der Waals surface area contributed by atoms with E-state index in [2.05, 4.69) is 5.32 Å². The van der Waals surface area contributed by atoms with Gasteiger partial charge in [-0.2, -0.15) is 0 Å². The topological polar surface area (TPSA) is 46.2 Å². The third kappa shape index (κ3) is 3.47. The second-order valence-corrected chi connectivity index (χ2v) is 5.44. The molecule has 4 heteroatoms. The van der Waals surface area contributed by atoms with Gasteiger partial charge < -0.3 is 5.32 Å². The normalized spacial score (nSPS) is 11.6. The fourth-order valence-electron chi connectivity index (χ4n) is 1.21. The molecular weight excluding hydrogens is 198 g/mol. The molecule has 1 aromatic carbocycles. The van der Waals surface area contributed by atoms with E-state index in [4.69, 9.17) is 0 Å². The molecule has 0 atom stereocenters. The lowest BCUT2D eigenvalue weighted by atomic mass is 10.2. The highest BCUT2D eigenvalue weighted by Crippen LogP contribution is 2.07. The van der Waals surface area contributed by atoms with E-state index in [9.17, 15) is 8.42 Å². The quantitative estimate of drug-likeness (QED) is 0.814. The summed E-state index contributed by atoms with van der Waals surface area (Å²) in [5.41, 5.74) is 1.98. The Hall–Kier alpha value is -0.870. The summed E-state index contributed by atoms with van der Waals surface area (Å²) in [7, 11) is -1.38. The van der Waals surface area contributed by atoms with E-state index in [1.807, 2.05) is 31.2 Å². The molecule has 1 N–H and O–H groups in total. The maximum atomic E-state index is 11.4. The van der Waals surface area contributed by atoms with E-state index in [0.29, 0.717) is 0 Å². The van der Waals surface area contributed by atoms with Crippen LogP contribution in [0.2, 0.25) is 0 Å². The third-order valence-corrected chi connectivity index (χ3v) is 3.37. The maximum Gasteiger partial charge on any atom is 0.167 e. The summed E-state index contributed by atoms with van der Waals surface area (Å²) in [6, 6.07) is 7.54. The van der Waals surface area contributed by atoms with E-state index >= 15 is 0 Å². The molecule has 0 saturated heterocycles. The summed E-state index contributed by atoms with van der Waals surface area (Å²) < 4.78 is 22.8. The number of hydrogen-bond donors (Lipinski definition) is 1. The molecule has 0 spiro atoms. The Morgan fingerprint density at radius 2 is 1.79 bits per heavy atom. The van der Waals surface area contributed by atoms with Crippen molar-refractivity contribution >= 4 is 9.84 Å². The van der Waals surface area contributed by atoms with Gasteiger partial charge in [0.15, 0.2) is 9.84 Å².